The van der Waals surface area contributed by atoms with Gasteiger partial charge in [-0.15, -0.1) is 0 Å². The summed E-state index contributed by atoms with van der Waals surface area (Å²) in [5.74, 6) is -0.402. The number of ether oxygens (including phenoxy) is 1. The zero-order chi connectivity index (χ0) is 10.7. The lowest BCUT2D eigenvalue weighted by molar-refractivity contribution is 0.188. The Morgan fingerprint density at radius 3 is 2.53 bits per heavy atom. The van der Waals surface area contributed by atoms with Gasteiger partial charge in [-0.1, -0.05) is 18.2 Å². The van der Waals surface area contributed by atoms with Crippen molar-refractivity contribution in [2.24, 2.45) is 0 Å². The SMILES string of the molecule is Fc1cccc(F)c1COC1=CC=CC1. The fourth-order valence-electron chi connectivity index (χ4n) is 1.37. The molecule has 0 aliphatic heterocycles. The average molecular weight is 208 g/mol. The summed E-state index contributed by atoms with van der Waals surface area (Å²) in [5, 5.41) is 0. The van der Waals surface area contributed by atoms with Gasteiger partial charge in [0.2, 0.25) is 0 Å². The van der Waals surface area contributed by atoms with Crippen molar-refractivity contribution in [1.29, 1.82) is 0 Å². The van der Waals surface area contributed by atoms with Crippen LogP contribution in [0.15, 0.2) is 42.2 Å². The molecule has 0 spiro atoms. The lowest BCUT2D eigenvalue weighted by Gasteiger charge is -2.08. The van der Waals surface area contributed by atoms with Crippen LogP contribution in [-0.2, 0) is 11.3 Å². The first-order valence-corrected chi connectivity index (χ1v) is 4.69. The number of allylic oxidation sites excluding steroid dienone is 3. The van der Waals surface area contributed by atoms with Crippen LogP contribution in [0, 0.1) is 11.6 Å². The van der Waals surface area contributed by atoms with E-state index in [9.17, 15) is 8.78 Å². The molecule has 0 saturated heterocycles. The lowest BCUT2D eigenvalue weighted by atomic mass is 10.2. The third-order valence-corrected chi connectivity index (χ3v) is 2.20. The summed E-state index contributed by atoms with van der Waals surface area (Å²) >= 11 is 0. The maximum absolute atomic E-state index is 13.2. The van der Waals surface area contributed by atoms with Gasteiger partial charge >= 0.3 is 0 Å². The van der Waals surface area contributed by atoms with E-state index in [1.54, 1.807) is 6.08 Å². The summed E-state index contributed by atoms with van der Waals surface area (Å²) in [4.78, 5) is 0. The molecule has 15 heavy (non-hydrogen) atoms. The quantitative estimate of drug-likeness (QED) is 0.740. The van der Waals surface area contributed by atoms with E-state index in [1.165, 1.54) is 18.2 Å². The lowest BCUT2D eigenvalue weighted by Crippen LogP contribution is -1.98. The predicted molar refractivity (Wildman–Crippen MR) is 53.0 cm³/mol. The Morgan fingerprint density at radius 2 is 1.93 bits per heavy atom. The largest absolute Gasteiger partial charge is 0.493 e. The first-order chi connectivity index (χ1) is 7.27. The fraction of sp³-hybridized carbons (Fsp3) is 0.167. The number of benzene rings is 1. The molecule has 1 aliphatic carbocycles. The van der Waals surface area contributed by atoms with Gasteiger partial charge in [-0.05, 0) is 18.2 Å². The van der Waals surface area contributed by atoms with Gasteiger partial charge in [-0.2, -0.15) is 0 Å². The molecule has 0 N–H and O–H groups in total. The van der Waals surface area contributed by atoms with Crippen molar-refractivity contribution in [2.75, 3.05) is 0 Å². The molecular weight excluding hydrogens is 198 g/mol. The maximum Gasteiger partial charge on any atom is 0.132 e. The zero-order valence-corrected chi connectivity index (χ0v) is 8.04. The maximum atomic E-state index is 13.2. The Bertz CT molecular complexity index is 401. The third kappa shape index (κ3) is 2.24. The number of hydrogen-bond acceptors (Lipinski definition) is 1. The molecule has 0 atom stereocenters. The van der Waals surface area contributed by atoms with Gasteiger partial charge in [0.1, 0.15) is 24.0 Å². The van der Waals surface area contributed by atoms with Crippen LogP contribution < -0.4 is 0 Å². The van der Waals surface area contributed by atoms with Gasteiger partial charge in [-0.25, -0.2) is 8.78 Å². The normalized spacial score (nSPS) is 14.1. The van der Waals surface area contributed by atoms with Crippen molar-refractivity contribution < 1.29 is 13.5 Å². The van der Waals surface area contributed by atoms with Crippen LogP contribution in [0.1, 0.15) is 12.0 Å². The summed E-state index contributed by atoms with van der Waals surface area (Å²) in [7, 11) is 0. The monoisotopic (exact) mass is 208 g/mol. The Labute approximate surface area is 86.7 Å². The molecule has 0 unspecified atom stereocenters. The first kappa shape index (κ1) is 9.90. The smallest absolute Gasteiger partial charge is 0.132 e. The van der Waals surface area contributed by atoms with Crippen LogP contribution in [0.4, 0.5) is 8.78 Å². The van der Waals surface area contributed by atoms with E-state index < -0.39 is 11.6 Å². The molecule has 0 aromatic heterocycles. The van der Waals surface area contributed by atoms with E-state index in [0.717, 1.165) is 5.76 Å². The van der Waals surface area contributed by atoms with Crippen LogP contribution in [0.2, 0.25) is 0 Å². The van der Waals surface area contributed by atoms with Gasteiger partial charge in [0.15, 0.2) is 0 Å². The van der Waals surface area contributed by atoms with Crippen LogP contribution in [0.5, 0.6) is 0 Å². The highest BCUT2D eigenvalue weighted by atomic mass is 19.1. The molecule has 1 aliphatic rings. The molecule has 0 heterocycles. The second-order valence-electron chi connectivity index (χ2n) is 3.25. The zero-order valence-electron chi connectivity index (χ0n) is 8.04. The minimum atomic E-state index is -0.568. The van der Waals surface area contributed by atoms with E-state index in [0.29, 0.717) is 6.42 Å². The van der Waals surface area contributed by atoms with E-state index >= 15 is 0 Å². The molecule has 78 valence electrons. The van der Waals surface area contributed by atoms with E-state index in [1.807, 2.05) is 12.2 Å². The average Bonchev–Trinajstić information content (AvgIpc) is 2.70. The molecule has 0 radical (unpaired) electrons. The Morgan fingerprint density at radius 1 is 1.20 bits per heavy atom. The highest BCUT2D eigenvalue weighted by molar-refractivity contribution is 5.21. The minimum absolute atomic E-state index is 0.0229. The van der Waals surface area contributed by atoms with Gasteiger partial charge < -0.3 is 4.74 Å². The highest BCUT2D eigenvalue weighted by Gasteiger charge is 2.09. The Balaban J connectivity index is 2.04. The van der Waals surface area contributed by atoms with Crippen molar-refractivity contribution in [1.82, 2.24) is 0 Å². The third-order valence-electron chi connectivity index (χ3n) is 2.20. The molecule has 0 bridgehead atoms. The second-order valence-corrected chi connectivity index (χ2v) is 3.25. The van der Waals surface area contributed by atoms with Gasteiger partial charge in [0.05, 0.1) is 5.56 Å². The summed E-state index contributed by atoms with van der Waals surface area (Å²) in [6.45, 7) is -0.0635. The predicted octanol–water partition coefficient (Wildman–Crippen LogP) is 3.33. The van der Waals surface area contributed by atoms with Crippen LogP contribution in [0.25, 0.3) is 0 Å². The summed E-state index contributed by atoms with van der Waals surface area (Å²) in [6, 6.07) is 3.79. The van der Waals surface area contributed by atoms with Gasteiger partial charge in [0, 0.05) is 6.42 Å². The van der Waals surface area contributed by atoms with Crippen LogP contribution in [0.3, 0.4) is 0 Å². The van der Waals surface area contributed by atoms with Crippen molar-refractivity contribution in [2.45, 2.75) is 13.0 Å². The van der Waals surface area contributed by atoms with Gasteiger partial charge in [0.25, 0.3) is 0 Å². The molecule has 1 aromatic rings. The Hall–Kier alpha value is -1.64. The molecular formula is C12H10F2O. The van der Waals surface area contributed by atoms with Crippen LogP contribution >= 0.6 is 0 Å². The summed E-state index contributed by atoms with van der Waals surface area (Å²) in [5.41, 5.74) is -0.0229. The molecule has 3 heteroatoms. The molecule has 0 fully saturated rings. The van der Waals surface area contributed by atoms with E-state index in [-0.39, 0.29) is 12.2 Å². The van der Waals surface area contributed by atoms with Crippen molar-refractivity contribution >= 4 is 0 Å². The molecule has 1 aromatic carbocycles. The highest BCUT2D eigenvalue weighted by Crippen LogP contribution is 2.18. The first-order valence-electron chi connectivity index (χ1n) is 4.69. The second kappa shape index (κ2) is 4.26. The van der Waals surface area contributed by atoms with E-state index in [4.69, 9.17) is 4.74 Å². The van der Waals surface area contributed by atoms with Gasteiger partial charge in [-0.3, -0.25) is 0 Å². The van der Waals surface area contributed by atoms with E-state index in [2.05, 4.69) is 0 Å². The number of rotatable bonds is 3. The standard InChI is InChI=1S/C12H10F2O/c13-11-6-3-7-12(14)10(11)8-15-9-4-1-2-5-9/h1-4,6-7H,5,8H2. The molecule has 0 saturated carbocycles. The topological polar surface area (TPSA) is 9.23 Å². The minimum Gasteiger partial charge on any atom is -0.493 e. The Kier molecular flexibility index (Phi) is 2.81. The molecule has 2 rings (SSSR count). The van der Waals surface area contributed by atoms with Crippen molar-refractivity contribution in [3.63, 3.8) is 0 Å². The van der Waals surface area contributed by atoms with Crippen molar-refractivity contribution in [3.05, 3.63) is 59.4 Å². The number of halogens is 2. The van der Waals surface area contributed by atoms with Crippen molar-refractivity contribution in [3.8, 4) is 0 Å². The summed E-state index contributed by atoms with van der Waals surface area (Å²) < 4.78 is 31.6. The molecule has 1 nitrogen and oxygen atoms in total. The fourth-order valence-corrected chi connectivity index (χ4v) is 1.37. The van der Waals surface area contributed by atoms with Crippen LogP contribution in [-0.4, -0.2) is 0 Å². The number of hydrogen-bond donors (Lipinski definition) is 0. The molecule has 0 amide bonds. The summed E-state index contributed by atoms with van der Waals surface area (Å²) in [6.07, 6.45) is 6.26.